The number of sulfonamides is 1. The summed E-state index contributed by atoms with van der Waals surface area (Å²) in [5.74, 6) is -2.16. The van der Waals surface area contributed by atoms with Crippen LogP contribution in [0.25, 0.3) is 0 Å². The standard InChI is InChI=1S/C13H16N2O5S/c14-21(19,20)9-3-1-8(2-4-9)5-6-15-12(16)10-7-11(10)13(17)18/h1-4,10-11H,5-7H2,(H,15,16)(H,17,18)(H2,14,19,20)/t10-,11+/m1/s1. The Morgan fingerprint density at radius 1 is 1.24 bits per heavy atom. The molecule has 0 unspecified atom stereocenters. The highest BCUT2D eigenvalue weighted by atomic mass is 32.2. The number of rotatable bonds is 6. The topological polar surface area (TPSA) is 127 Å². The molecule has 2 rings (SSSR count). The summed E-state index contributed by atoms with van der Waals surface area (Å²) < 4.78 is 22.2. The summed E-state index contributed by atoms with van der Waals surface area (Å²) in [6.45, 7) is 0.371. The molecule has 0 radical (unpaired) electrons. The van der Waals surface area contributed by atoms with Crippen LogP contribution in [-0.2, 0) is 26.0 Å². The lowest BCUT2D eigenvalue weighted by Crippen LogP contribution is -2.28. The van der Waals surface area contributed by atoms with Gasteiger partial charge in [-0.25, -0.2) is 13.6 Å². The van der Waals surface area contributed by atoms with Gasteiger partial charge in [0.15, 0.2) is 0 Å². The molecule has 1 aliphatic rings. The van der Waals surface area contributed by atoms with Crippen molar-refractivity contribution < 1.29 is 23.1 Å². The van der Waals surface area contributed by atoms with Gasteiger partial charge in [0.25, 0.3) is 0 Å². The maximum absolute atomic E-state index is 11.6. The molecule has 1 amide bonds. The van der Waals surface area contributed by atoms with Gasteiger partial charge in [0, 0.05) is 6.54 Å². The van der Waals surface area contributed by atoms with Crippen LogP contribution in [0.5, 0.6) is 0 Å². The van der Waals surface area contributed by atoms with Crippen molar-refractivity contribution in [2.75, 3.05) is 6.54 Å². The Balaban J connectivity index is 1.79. The number of carboxylic acids is 1. The van der Waals surface area contributed by atoms with Crippen molar-refractivity contribution in [2.24, 2.45) is 17.0 Å². The fourth-order valence-corrected chi connectivity index (χ4v) is 2.58. The Bertz CT molecular complexity index is 654. The minimum atomic E-state index is -3.70. The smallest absolute Gasteiger partial charge is 0.307 e. The molecule has 0 aromatic heterocycles. The van der Waals surface area contributed by atoms with E-state index in [2.05, 4.69) is 5.32 Å². The van der Waals surface area contributed by atoms with E-state index in [0.717, 1.165) is 5.56 Å². The summed E-state index contributed by atoms with van der Waals surface area (Å²) in [6.07, 6.45) is 0.922. The van der Waals surface area contributed by atoms with Crippen LogP contribution in [0.1, 0.15) is 12.0 Å². The fourth-order valence-electron chi connectivity index (χ4n) is 2.06. The minimum Gasteiger partial charge on any atom is -0.481 e. The second-order valence-electron chi connectivity index (χ2n) is 5.02. The number of carbonyl (C=O) groups is 2. The predicted molar refractivity (Wildman–Crippen MR) is 73.8 cm³/mol. The van der Waals surface area contributed by atoms with Crippen LogP contribution in [-0.4, -0.2) is 31.9 Å². The molecule has 1 aliphatic carbocycles. The van der Waals surface area contributed by atoms with Gasteiger partial charge < -0.3 is 10.4 Å². The van der Waals surface area contributed by atoms with Crippen LogP contribution < -0.4 is 10.5 Å². The molecule has 0 saturated heterocycles. The van der Waals surface area contributed by atoms with E-state index >= 15 is 0 Å². The van der Waals surface area contributed by atoms with E-state index in [-0.39, 0.29) is 10.8 Å². The number of aliphatic carboxylic acids is 1. The van der Waals surface area contributed by atoms with E-state index in [4.69, 9.17) is 10.2 Å². The maximum Gasteiger partial charge on any atom is 0.307 e. The molecule has 1 aromatic rings. The van der Waals surface area contributed by atoms with E-state index < -0.39 is 27.8 Å². The van der Waals surface area contributed by atoms with Crippen LogP contribution >= 0.6 is 0 Å². The van der Waals surface area contributed by atoms with Gasteiger partial charge in [0.1, 0.15) is 0 Å². The number of amides is 1. The van der Waals surface area contributed by atoms with Gasteiger partial charge in [-0.1, -0.05) is 12.1 Å². The van der Waals surface area contributed by atoms with Crippen molar-refractivity contribution in [2.45, 2.75) is 17.7 Å². The second kappa shape index (κ2) is 5.82. The molecule has 114 valence electrons. The highest BCUT2D eigenvalue weighted by Crippen LogP contribution is 2.38. The normalized spacial score (nSPS) is 20.8. The Morgan fingerprint density at radius 2 is 1.86 bits per heavy atom. The number of benzene rings is 1. The lowest BCUT2D eigenvalue weighted by atomic mass is 10.1. The maximum atomic E-state index is 11.6. The number of carbonyl (C=O) groups excluding carboxylic acids is 1. The molecular weight excluding hydrogens is 296 g/mol. The number of hydrogen-bond donors (Lipinski definition) is 3. The number of nitrogens with one attached hydrogen (secondary N) is 1. The van der Waals surface area contributed by atoms with Gasteiger partial charge in [0.05, 0.1) is 16.7 Å². The van der Waals surface area contributed by atoms with E-state index in [1.54, 1.807) is 12.1 Å². The van der Waals surface area contributed by atoms with Gasteiger partial charge in [-0.05, 0) is 30.5 Å². The third-order valence-corrected chi connectivity index (χ3v) is 4.34. The van der Waals surface area contributed by atoms with E-state index in [0.29, 0.717) is 19.4 Å². The molecule has 7 nitrogen and oxygen atoms in total. The summed E-state index contributed by atoms with van der Waals surface area (Å²) in [7, 11) is -3.70. The van der Waals surface area contributed by atoms with E-state index in [9.17, 15) is 18.0 Å². The van der Waals surface area contributed by atoms with Crippen molar-refractivity contribution >= 4 is 21.9 Å². The molecular formula is C13H16N2O5S. The molecule has 0 bridgehead atoms. The largest absolute Gasteiger partial charge is 0.481 e. The van der Waals surface area contributed by atoms with Crippen molar-refractivity contribution in [3.63, 3.8) is 0 Å². The second-order valence-corrected chi connectivity index (χ2v) is 6.58. The first kappa shape index (κ1) is 15.5. The molecule has 0 spiro atoms. The van der Waals surface area contributed by atoms with Gasteiger partial charge >= 0.3 is 5.97 Å². The first-order valence-corrected chi connectivity index (χ1v) is 7.96. The highest BCUT2D eigenvalue weighted by Gasteiger charge is 2.48. The van der Waals surface area contributed by atoms with Gasteiger partial charge in [0.2, 0.25) is 15.9 Å². The zero-order valence-electron chi connectivity index (χ0n) is 11.2. The summed E-state index contributed by atoms with van der Waals surface area (Å²) in [5, 5.41) is 16.4. The number of hydrogen-bond acceptors (Lipinski definition) is 4. The molecule has 1 saturated carbocycles. The number of carboxylic acid groups (broad SMARTS) is 1. The van der Waals surface area contributed by atoms with E-state index in [1.165, 1.54) is 12.1 Å². The van der Waals surface area contributed by atoms with Gasteiger partial charge in [-0.15, -0.1) is 0 Å². The van der Waals surface area contributed by atoms with Crippen molar-refractivity contribution in [1.82, 2.24) is 5.32 Å². The molecule has 0 aliphatic heterocycles. The summed E-state index contributed by atoms with van der Waals surface area (Å²) in [4.78, 5) is 22.3. The Morgan fingerprint density at radius 3 is 2.33 bits per heavy atom. The van der Waals surface area contributed by atoms with Gasteiger partial charge in [-0.3, -0.25) is 9.59 Å². The monoisotopic (exact) mass is 312 g/mol. The quantitative estimate of drug-likeness (QED) is 0.665. The Hall–Kier alpha value is -1.93. The number of primary sulfonamides is 1. The number of nitrogens with two attached hydrogens (primary N) is 1. The third kappa shape index (κ3) is 4.02. The van der Waals surface area contributed by atoms with E-state index in [1.807, 2.05) is 0 Å². The first-order valence-electron chi connectivity index (χ1n) is 6.41. The summed E-state index contributed by atoms with van der Waals surface area (Å²) >= 11 is 0. The molecule has 8 heteroatoms. The van der Waals surface area contributed by atoms with Crippen LogP contribution in [0.15, 0.2) is 29.2 Å². The van der Waals surface area contributed by atoms with Crippen LogP contribution in [0.3, 0.4) is 0 Å². The van der Waals surface area contributed by atoms with Crippen LogP contribution in [0.4, 0.5) is 0 Å². The molecule has 1 aromatic carbocycles. The van der Waals surface area contributed by atoms with Crippen molar-refractivity contribution in [3.05, 3.63) is 29.8 Å². The summed E-state index contributed by atoms with van der Waals surface area (Å²) in [5.41, 5.74) is 0.855. The third-order valence-electron chi connectivity index (χ3n) is 3.41. The molecule has 2 atom stereocenters. The zero-order valence-corrected chi connectivity index (χ0v) is 12.0. The summed E-state index contributed by atoms with van der Waals surface area (Å²) in [6, 6.07) is 6.08. The Labute approximate surface area is 122 Å². The zero-order chi connectivity index (χ0) is 15.6. The molecule has 1 fully saturated rings. The van der Waals surface area contributed by atoms with Gasteiger partial charge in [-0.2, -0.15) is 0 Å². The van der Waals surface area contributed by atoms with Crippen LogP contribution in [0.2, 0.25) is 0 Å². The average molecular weight is 312 g/mol. The predicted octanol–water partition coefficient (Wildman–Crippen LogP) is -0.287. The van der Waals surface area contributed by atoms with Crippen molar-refractivity contribution in [3.8, 4) is 0 Å². The lowest BCUT2D eigenvalue weighted by Gasteiger charge is -2.05. The lowest BCUT2D eigenvalue weighted by molar-refractivity contribution is -0.140. The van der Waals surface area contributed by atoms with Crippen molar-refractivity contribution in [1.29, 1.82) is 0 Å². The minimum absolute atomic E-state index is 0.0394. The Kier molecular flexibility index (Phi) is 4.29. The first-order chi connectivity index (χ1) is 9.79. The SMILES string of the molecule is NS(=O)(=O)c1ccc(CCNC(=O)[C@@H]2C[C@@H]2C(=O)O)cc1. The van der Waals surface area contributed by atoms with Crippen LogP contribution in [0, 0.1) is 11.8 Å². The highest BCUT2D eigenvalue weighted by molar-refractivity contribution is 7.89. The molecule has 0 heterocycles. The molecule has 21 heavy (non-hydrogen) atoms. The average Bonchev–Trinajstić information content (AvgIpc) is 3.18. The molecule has 4 N–H and O–H groups in total. The fraction of sp³-hybridized carbons (Fsp3) is 0.385.